The number of ether oxygens (including phenoxy) is 2. The lowest BCUT2D eigenvalue weighted by atomic mass is 9.59. The Bertz CT molecular complexity index is 676. The number of carbonyl (C=O) groups is 2. The van der Waals surface area contributed by atoms with E-state index in [0.717, 1.165) is 5.57 Å². The molecule has 7 heteroatoms. The first-order valence-electron chi connectivity index (χ1n) is 8.31. The van der Waals surface area contributed by atoms with Gasteiger partial charge in [0.2, 0.25) is 0 Å². The van der Waals surface area contributed by atoms with E-state index in [0.29, 0.717) is 17.9 Å². The third-order valence-corrected chi connectivity index (χ3v) is 4.74. The molecule has 1 aliphatic heterocycles. The van der Waals surface area contributed by atoms with Gasteiger partial charge in [-0.25, -0.2) is 0 Å². The van der Waals surface area contributed by atoms with Gasteiger partial charge in [-0.15, -0.1) is 0 Å². The van der Waals surface area contributed by atoms with E-state index < -0.39 is 13.0 Å². The summed E-state index contributed by atoms with van der Waals surface area (Å²) in [4.78, 5) is 23.4. The van der Waals surface area contributed by atoms with Crippen molar-refractivity contribution < 1.29 is 28.4 Å². The number of para-hydroxylation sites is 2. The quantitative estimate of drug-likeness (QED) is 0.475. The first-order chi connectivity index (χ1) is 12.0. The maximum atomic E-state index is 12.3. The van der Waals surface area contributed by atoms with Crippen LogP contribution in [0.4, 0.5) is 0 Å². The third-order valence-electron chi connectivity index (χ3n) is 4.74. The highest BCUT2D eigenvalue weighted by atomic mass is 16.6. The summed E-state index contributed by atoms with van der Waals surface area (Å²) in [5.74, 6) is -0.0179. The van der Waals surface area contributed by atoms with E-state index in [-0.39, 0.29) is 30.3 Å². The number of esters is 2. The lowest BCUT2D eigenvalue weighted by Gasteiger charge is -2.32. The Balaban J connectivity index is 1.81. The molecule has 2 aliphatic rings. The van der Waals surface area contributed by atoms with Crippen LogP contribution >= 0.6 is 0 Å². The van der Waals surface area contributed by atoms with Crippen LogP contribution in [0.3, 0.4) is 0 Å². The predicted octanol–water partition coefficient (Wildman–Crippen LogP) is 2.63. The summed E-state index contributed by atoms with van der Waals surface area (Å²) in [6.45, 7) is 3.60. The Morgan fingerprint density at radius 3 is 2.44 bits per heavy atom. The van der Waals surface area contributed by atoms with Crippen molar-refractivity contribution >= 4 is 19.1 Å². The zero-order chi connectivity index (χ0) is 18.0. The minimum Gasteiger partial charge on any atom is -0.523 e. The molecule has 0 radical (unpaired) electrons. The lowest BCUT2D eigenvalue weighted by Crippen LogP contribution is -2.41. The lowest BCUT2D eigenvalue weighted by molar-refractivity contribution is -0.146. The Kier molecular flexibility index (Phi) is 5.02. The molecular formula is C18H21BO6. The van der Waals surface area contributed by atoms with Gasteiger partial charge in [0.15, 0.2) is 0 Å². The van der Waals surface area contributed by atoms with Crippen molar-refractivity contribution in [3.8, 4) is 11.5 Å². The van der Waals surface area contributed by atoms with Crippen molar-refractivity contribution in [3.63, 3.8) is 0 Å². The fraction of sp³-hybridized carbons (Fsp3) is 0.444. The first-order valence-corrected chi connectivity index (χ1v) is 8.31. The van der Waals surface area contributed by atoms with E-state index in [2.05, 4.69) is 0 Å². The van der Waals surface area contributed by atoms with Crippen LogP contribution in [0.1, 0.15) is 20.3 Å². The molecule has 0 saturated carbocycles. The van der Waals surface area contributed by atoms with E-state index in [9.17, 15) is 9.59 Å². The smallest absolute Gasteiger partial charge is 0.523 e. The average Bonchev–Trinajstić information content (AvgIpc) is 3.03. The largest absolute Gasteiger partial charge is 0.603 e. The SMILES string of the molecule is COC(=O)C1C[C@H](COC(C)=O)C(C)=C[C@@H]1B1Oc2ccccc2O1. The highest BCUT2D eigenvalue weighted by molar-refractivity contribution is 6.50. The van der Waals surface area contributed by atoms with Gasteiger partial charge in [-0.1, -0.05) is 23.8 Å². The van der Waals surface area contributed by atoms with Crippen LogP contribution in [0.25, 0.3) is 0 Å². The number of carbonyl (C=O) groups excluding carboxylic acids is 2. The number of fused-ring (bicyclic) bond motifs is 1. The van der Waals surface area contributed by atoms with Crippen LogP contribution in [0.2, 0.25) is 5.82 Å². The normalized spacial score (nSPS) is 24.5. The summed E-state index contributed by atoms with van der Waals surface area (Å²) >= 11 is 0. The maximum absolute atomic E-state index is 12.3. The predicted molar refractivity (Wildman–Crippen MR) is 91.2 cm³/mol. The Morgan fingerprint density at radius 2 is 1.88 bits per heavy atom. The summed E-state index contributed by atoms with van der Waals surface area (Å²) < 4.78 is 21.9. The van der Waals surface area contributed by atoms with Crippen LogP contribution in [0.5, 0.6) is 11.5 Å². The number of hydrogen-bond donors (Lipinski definition) is 0. The summed E-state index contributed by atoms with van der Waals surface area (Å²) in [6, 6.07) is 7.43. The van der Waals surface area contributed by atoms with E-state index in [1.54, 1.807) is 0 Å². The molecular weight excluding hydrogens is 323 g/mol. The number of hydrogen-bond acceptors (Lipinski definition) is 6. The van der Waals surface area contributed by atoms with Crippen molar-refractivity contribution in [2.75, 3.05) is 13.7 Å². The van der Waals surface area contributed by atoms with Gasteiger partial charge in [0.1, 0.15) is 11.5 Å². The van der Waals surface area contributed by atoms with Gasteiger partial charge in [-0.2, -0.15) is 0 Å². The van der Waals surface area contributed by atoms with Crippen LogP contribution in [-0.2, 0) is 19.1 Å². The van der Waals surface area contributed by atoms with E-state index in [1.165, 1.54) is 14.0 Å². The van der Waals surface area contributed by atoms with Gasteiger partial charge in [-0.3, -0.25) is 9.59 Å². The molecule has 25 heavy (non-hydrogen) atoms. The molecule has 1 aromatic rings. The highest BCUT2D eigenvalue weighted by Crippen LogP contribution is 2.44. The summed E-state index contributed by atoms with van der Waals surface area (Å²) in [5, 5.41) is 0. The highest BCUT2D eigenvalue weighted by Gasteiger charge is 2.48. The van der Waals surface area contributed by atoms with Gasteiger partial charge in [0, 0.05) is 12.8 Å². The second kappa shape index (κ2) is 7.21. The van der Waals surface area contributed by atoms with Gasteiger partial charge in [0.05, 0.1) is 25.5 Å². The number of benzene rings is 1. The molecule has 1 heterocycles. The van der Waals surface area contributed by atoms with Crippen molar-refractivity contribution in [1.29, 1.82) is 0 Å². The van der Waals surface area contributed by atoms with Crippen molar-refractivity contribution in [2.45, 2.75) is 26.1 Å². The molecule has 3 rings (SSSR count). The Hall–Kier alpha value is -2.44. The third kappa shape index (κ3) is 3.65. The fourth-order valence-corrected chi connectivity index (χ4v) is 3.37. The van der Waals surface area contributed by atoms with Gasteiger partial charge < -0.3 is 18.8 Å². The molecule has 0 bridgehead atoms. The average molecular weight is 344 g/mol. The van der Waals surface area contributed by atoms with Gasteiger partial charge in [0.25, 0.3) is 0 Å². The Labute approximate surface area is 147 Å². The first kappa shape index (κ1) is 17.4. The molecule has 0 N–H and O–H groups in total. The Morgan fingerprint density at radius 1 is 1.24 bits per heavy atom. The molecule has 1 aliphatic carbocycles. The van der Waals surface area contributed by atoms with Gasteiger partial charge in [-0.05, 0) is 25.5 Å². The topological polar surface area (TPSA) is 71.1 Å². The summed E-state index contributed by atoms with van der Waals surface area (Å²) in [6.07, 6.45) is 2.50. The minimum atomic E-state index is -0.578. The fourth-order valence-electron chi connectivity index (χ4n) is 3.37. The second-order valence-corrected chi connectivity index (χ2v) is 6.40. The van der Waals surface area contributed by atoms with Crippen LogP contribution in [0, 0.1) is 11.8 Å². The summed E-state index contributed by atoms with van der Waals surface area (Å²) in [5.41, 5.74) is 1.05. The van der Waals surface area contributed by atoms with E-state index >= 15 is 0 Å². The van der Waals surface area contributed by atoms with Crippen LogP contribution in [0.15, 0.2) is 35.9 Å². The molecule has 132 valence electrons. The maximum Gasteiger partial charge on any atom is 0.603 e. The molecule has 0 spiro atoms. The molecule has 0 aromatic heterocycles. The molecule has 3 atom stereocenters. The number of allylic oxidation sites excluding steroid dienone is 1. The number of methoxy groups -OCH3 is 1. The van der Waals surface area contributed by atoms with E-state index in [4.69, 9.17) is 18.8 Å². The molecule has 6 nitrogen and oxygen atoms in total. The molecule has 0 fully saturated rings. The van der Waals surface area contributed by atoms with Crippen molar-refractivity contribution in [3.05, 3.63) is 35.9 Å². The molecule has 0 amide bonds. The molecule has 1 unspecified atom stereocenters. The van der Waals surface area contributed by atoms with Crippen molar-refractivity contribution in [1.82, 2.24) is 0 Å². The van der Waals surface area contributed by atoms with Gasteiger partial charge >= 0.3 is 19.1 Å². The monoisotopic (exact) mass is 344 g/mol. The van der Waals surface area contributed by atoms with Crippen LogP contribution < -0.4 is 9.31 Å². The molecule has 0 saturated heterocycles. The van der Waals surface area contributed by atoms with Crippen molar-refractivity contribution in [2.24, 2.45) is 11.8 Å². The summed E-state index contributed by atoms with van der Waals surface area (Å²) in [7, 11) is 0.794. The second-order valence-electron chi connectivity index (χ2n) is 6.40. The standard InChI is InChI=1S/C18H21BO6/c1-11-8-15(19-24-16-6-4-5-7-17(16)25-19)14(18(21)22-3)9-13(11)10-23-12(2)20/h4-8,13-15H,9-10H2,1-3H3/t13-,14?,15+/m1/s1. The zero-order valence-electron chi connectivity index (χ0n) is 14.6. The zero-order valence-corrected chi connectivity index (χ0v) is 14.6. The van der Waals surface area contributed by atoms with Crippen LogP contribution in [-0.4, -0.2) is 32.8 Å². The number of rotatable bonds is 4. The molecule has 1 aromatic carbocycles. The minimum absolute atomic E-state index is 0.0203. The van der Waals surface area contributed by atoms with E-state index in [1.807, 2.05) is 37.3 Å².